The molecule has 1 aromatic heterocycles. The molecule has 1 fully saturated rings. The van der Waals surface area contributed by atoms with Gasteiger partial charge in [-0.25, -0.2) is 14.4 Å². The first kappa shape index (κ1) is 18.3. The van der Waals surface area contributed by atoms with Crippen LogP contribution < -0.4 is 5.32 Å². The Kier molecular flexibility index (Phi) is 5.20. The highest BCUT2D eigenvalue weighted by Gasteiger charge is 2.31. The van der Waals surface area contributed by atoms with Gasteiger partial charge >= 0.3 is 0 Å². The zero-order valence-corrected chi connectivity index (χ0v) is 15.5. The minimum Gasteiger partial charge on any atom is -0.342 e. The molecule has 0 bridgehead atoms. The summed E-state index contributed by atoms with van der Waals surface area (Å²) in [6, 6.07) is 8.10. The van der Waals surface area contributed by atoms with Gasteiger partial charge in [0.15, 0.2) is 0 Å². The van der Waals surface area contributed by atoms with Crippen LogP contribution >= 0.6 is 0 Å². The van der Waals surface area contributed by atoms with Gasteiger partial charge in [-0.05, 0) is 37.1 Å². The van der Waals surface area contributed by atoms with E-state index in [0.29, 0.717) is 18.2 Å². The van der Waals surface area contributed by atoms with E-state index in [4.69, 9.17) is 0 Å². The Morgan fingerprint density at radius 3 is 2.85 bits per heavy atom. The Labute approximate surface area is 153 Å². The van der Waals surface area contributed by atoms with Crippen LogP contribution in [0.15, 0.2) is 36.5 Å². The lowest BCUT2D eigenvalue weighted by molar-refractivity contribution is -0.140. The van der Waals surface area contributed by atoms with E-state index in [-0.39, 0.29) is 23.1 Å². The maximum absolute atomic E-state index is 13.3. The molecule has 0 saturated carbocycles. The molecule has 1 amide bonds. The highest BCUT2D eigenvalue weighted by Crippen LogP contribution is 2.29. The molecule has 2 aromatic rings. The van der Waals surface area contributed by atoms with Crippen LogP contribution in [0.2, 0.25) is 0 Å². The summed E-state index contributed by atoms with van der Waals surface area (Å²) in [5, 5.41) is 3.04. The molecule has 1 aliphatic rings. The van der Waals surface area contributed by atoms with Crippen molar-refractivity contribution in [2.75, 3.05) is 18.4 Å². The summed E-state index contributed by atoms with van der Waals surface area (Å²) in [4.78, 5) is 23.3. The van der Waals surface area contributed by atoms with Crippen molar-refractivity contribution < 1.29 is 9.18 Å². The fourth-order valence-corrected chi connectivity index (χ4v) is 3.23. The lowest BCUT2D eigenvalue weighted by Gasteiger charge is -2.36. The number of anilines is 2. The first-order valence-corrected chi connectivity index (χ1v) is 8.98. The van der Waals surface area contributed by atoms with E-state index in [9.17, 15) is 9.18 Å². The molecule has 0 radical (unpaired) electrons. The fraction of sp³-hybridized carbons (Fsp3) is 0.450. The number of likely N-dealkylation sites (tertiary alicyclic amines) is 1. The molecule has 1 atom stereocenters. The van der Waals surface area contributed by atoms with Crippen molar-refractivity contribution in [1.82, 2.24) is 14.9 Å². The van der Waals surface area contributed by atoms with Crippen LogP contribution in [0.25, 0.3) is 0 Å². The summed E-state index contributed by atoms with van der Waals surface area (Å²) in [5.41, 5.74) is 1.14. The quantitative estimate of drug-likeness (QED) is 0.899. The third-order valence-electron chi connectivity index (χ3n) is 4.53. The van der Waals surface area contributed by atoms with Crippen molar-refractivity contribution in [2.45, 2.75) is 39.5 Å². The van der Waals surface area contributed by atoms with Gasteiger partial charge in [-0.1, -0.05) is 26.8 Å². The van der Waals surface area contributed by atoms with E-state index in [0.717, 1.165) is 25.1 Å². The summed E-state index contributed by atoms with van der Waals surface area (Å²) in [7, 11) is 0. The molecule has 0 aliphatic carbocycles. The molecule has 1 saturated heterocycles. The number of carbonyl (C=O) groups excluding carboxylic acids is 1. The number of hydrogen-bond acceptors (Lipinski definition) is 4. The molecule has 0 spiro atoms. The molecule has 138 valence electrons. The standard InChI is InChI=1S/C20H25FN4O/c1-20(2,3)18(26)25-11-5-6-14(13-25)17-9-10-22-19(24-17)23-16-8-4-7-15(21)12-16/h4,7-10,12,14H,5-6,11,13H2,1-3H3,(H,22,23,24)/t14-/m0/s1. The van der Waals surface area contributed by atoms with Gasteiger partial charge in [-0.3, -0.25) is 4.79 Å². The zero-order chi connectivity index (χ0) is 18.7. The van der Waals surface area contributed by atoms with Crippen molar-refractivity contribution in [3.63, 3.8) is 0 Å². The largest absolute Gasteiger partial charge is 0.342 e. The number of nitrogens with one attached hydrogen (secondary N) is 1. The summed E-state index contributed by atoms with van der Waals surface area (Å²) in [6.07, 6.45) is 3.65. The van der Waals surface area contributed by atoms with Crippen LogP contribution in [-0.2, 0) is 4.79 Å². The molecule has 1 aromatic carbocycles. The average molecular weight is 356 g/mol. The topological polar surface area (TPSA) is 58.1 Å². The van der Waals surface area contributed by atoms with Crippen LogP contribution in [0.3, 0.4) is 0 Å². The number of carbonyl (C=O) groups is 1. The predicted molar refractivity (Wildman–Crippen MR) is 99.7 cm³/mol. The average Bonchev–Trinajstić information content (AvgIpc) is 2.61. The number of hydrogen-bond donors (Lipinski definition) is 1. The van der Waals surface area contributed by atoms with Crippen molar-refractivity contribution in [1.29, 1.82) is 0 Å². The maximum atomic E-state index is 13.3. The van der Waals surface area contributed by atoms with Crippen LogP contribution in [0.4, 0.5) is 16.0 Å². The fourth-order valence-electron chi connectivity index (χ4n) is 3.23. The van der Waals surface area contributed by atoms with Crippen molar-refractivity contribution >= 4 is 17.5 Å². The number of aromatic nitrogens is 2. The number of benzene rings is 1. The normalized spacial score (nSPS) is 17.8. The van der Waals surface area contributed by atoms with E-state index in [1.807, 2.05) is 31.7 Å². The number of piperidine rings is 1. The summed E-state index contributed by atoms with van der Waals surface area (Å²) >= 11 is 0. The van der Waals surface area contributed by atoms with Gasteiger partial charge in [0.05, 0.1) is 5.69 Å². The summed E-state index contributed by atoms with van der Waals surface area (Å²) in [5.74, 6) is 0.489. The number of rotatable bonds is 3. The minimum absolute atomic E-state index is 0.175. The van der Waals surface area contributed by atoms with Crippen molar-refractivity contribution in [3.8, 4) is 0 Å². The molecule has 6 heteroatoms. The van der Waals surface area contributed by atoms with Gasteiger partial charge in [0.25, 0.3) is 0 Å². The first-order valence-electron chi connectivity index (χ1n) is 8.98. The van der Waals surface area contributed by atoms with E-state index in [2.05, 4.69) is 15.3 Å². The van der Waals surface area contributed by atoms with E-state index in [1.165, 1.54) is 12.1 Å². The second-order valence-corrected chi connectivity index (χ2v) is 7.78. The van der Waals surface area contributed by atoms with Crippen LogP contribution in [-0.4, -0.2) is 33.9 Å². The first-order chi connectivity index (χ1) is 12.3. The lowest BCUT2D eigenvalue weighted by Crippen LogP contribution is -2.44. The van der Waals surface area contributed by atoms with E-state index in [1.54, 1.807) is 18.3 Å². The molecule has 2 heterocycles. The molecule has 1 N–H and O–H groups in total. The second-order valence-electron chi connectivity index (χ2n) is 7.78. The van der Waals surface area contributed by atoms with E-state index >= 15 is 0 Å². The SMILES string of the molecule is CC(C)(C)C(=O)N1CCC[C@H](c2ccnc(Nc3cccc(F)c3)n2)C1. The third-order valence-corrected chi connectivity index (χ3v) is 4.53. The summed E-state index contributed by atoms with van der Waals surface area (Å²) in [6.45, 7) is 7.32. The minimum atomic E-state index is -0.377. The maximum Gasteiger partial charge on any atom is 0.227 e. The van der Waals surface area contributed by atoms with Gasteiger partial charge in [0.2, 0.25) is 11.9 Å². The van der Waals surface area contributed by atoms with Gasteiger partial charge in [0.1, 0.15) is 5.82 Å². The lowest BCUT2D eigenvalue weighted by atomic mass is 9.90. The highest BCUT2D eigenvalue weighted by molar-refractivity contribution is 5.81. The van der Waals surface area contributed by atoms with Crippen LogP contribution in [0.1, 0.15) is 45.2 Å². The molecular weight excluding hydrogens is 331 g/mol. The third kappa shape index (κ3) is 4.36. The molecule has 26 heavy (non-hydrogen) atoms. The Morgan fingerprint density at radius 2 is 2.12 bits per heavy atom. The van der Waals surface area contributed by atoms with Gasteiger partial charge in [-0.15, -0.1) is 0 Å². The monoisotopic (exact) mass is 356 g/mol. The number of amides is 1. The predicted octanol–water partition coefficient (Wildman–Crippen LogP) is 4.11. The second kappa shape index (κ2) is 7.40. The Balaban J connectivity index is 1.74. The zero-order valence-electron chi connectivity index (χ0n) is 15.5. The molecular formula is C20H25FN4O. The van der Waals surface area contributed by atoms with Gasteiger partial charge in [-0.2, -0.15) is 0 Å². The van der Waals surface area contributed by atoms with Crippen molar-refractivity contribution in [3.05, 3.63) is 48.0 Å². The van der Waals surface area contributed by atoms with Crippen LogP contribution in [0.5, 0.6) is 0 Å². The number of halogens is 1. The van der Waals surface area contributed by atoms with Gasteiger partial charge in [0, 0.05) is 36.3 Å². The smallest absolute Gasteiger partial charge is 0.227 e. The Bertz CT molecular complexity index is 787. The van der Waals surface area contributed by atoms with Gasteiger partial charge < -0.3 is 10.2 Å². The summed E-state index contributed by atoms with van der Waals surface area (Å²) < 4.78 is 13.3. The molecule has 5 nitrogen and oxygen atoms in total. The molecule has 1 aliphatic heterocycles. The Morgan fingerprint density at radius 1 is 1.31 bits per heavy atom. The van der Waals surface area contributed by atoms with Crippen molar-refractivity contribution in [2.24, 2.45) is 5.41 Å². The molecule has 0 unspecified atom stereocenters. The van der Waals surface area contributed by atoms with E-state index < -0.39 is 0 Å². The highest BCUT2D eigenvalue weighted by atomic mass is 19.1. The Hall–Kier alpha value is -2.50. The van der Waals surface area contributed by atoms with Crippen LogP contribution in [0, 0.1) is 11.2 Å². The number of nitrogens with zero attached hydrogens (tertiary/aromatic N) is 3. The molecule has 3 rings (SSSR count).